The predicted octanol–water partition coefficient (Wildman–Crippen LogP) is 5.38. The minimum absolute atomic E-state index is 0.0862. The van der Waals surface area contributed by atoms with Crippen LogP contribution in [0, 0.1) is 0 Å². The predicted molar refractivity (Wildman–Crippen MR) is 74.5 cm³/mol. The first-order valence-electron chi connectivity index (χ1n) is 5.52. The van der Waals surface area contributed by atoms with Gasteiger partial charge in [-0.05, 0) is 47.5 Å². The molecule has 0 bridgehead atoms. The van der Waals surface area contributed by atoms with Gasteiger partial charge in [-0.25, -0.2) is 0 Å². The van der Waals surface area contributed by atoms with Crippen molar-refractivity contribution in [2.75, 3.05) is 0 Å². The molecule has 0 aliphatic heterocycles. The van der Waals surface area contributed by atoms with E-state index in [0.717, 1.165) is 0 Å². The average molecular weight is 372 g/mol. The van der Waals surface area contributed by atoms with Crippen molar-refractivity contribution in [1.29, 1.82) is 0 Å². The number of furan rings is 1. The summed E-state index contributed by atoms with van der Waals surface area (Å²) < 4.78 is 43.6. The minimum Gasteiger partial charge on any atom is -0.450 e. The molecule has 2 aromatic rings. The van der Waals surface area contributed by atoms with E-state index in [1.807, 2.05) is 0 Å². The number of rotatable bonds is 3. The van der Waals surface area contributed by atoms with E-state index in [2.05, 4.69) is 4.42 Å². The molecule has 0 radical (unpaired) electrons. The van der Waals surface area contributed by atoms with Gasteiger partial charge in [0, 0.05) is 10.6 Å². The quantitative estimate of drug-likeness (QED) is 0.681. The highest BCUT2D eigenvalue weighted by Gasteiger charge is 2.43. The minimum atomic E-state index is -5.02. The van der Waals surface area contributed by atoms with Gasteiger partial charge < -0.3 is 4.42 Å². The molecule has 0 saturated carbocycles. The number of alkyl halides is 3. The monoisotopic (exact) mass is 370 g/mol. The molecule has 116 valence electrons. The van der Waals surface area contributed by atoms with Crippen molar-refractivity contribution in [2.45, 2.75) is 6.18 Å². The summed E-state index contributed by atoms with van der Waals surface area (Å²) in [5.74, 6) is -2.19. The van der Waals surface area contributed by atoms with Crippen LogP contribution in [0.3, 0.4) is 0 Å². The van der Waals surface area contributed by atoms with Crippen molar-refractivity contribution < 1.29 is 27.2 Å². The highest BCUT2D eigenvalue weighted by Crippen LogP contribution is 2.41. The summed E-state index contributed by atoms with van der Waals surface area (Å²) in [5.41, 5.74) is -1.77. The Kier molecular flexibility index (Phi) is 4.56. The third-order valence-electron chi connectivity index (χ3n) is 2.67. The molecule has 0 atom stereocenters. The molecule has 1 heterocycles. The summed E-state index contributed by atoms with van der Waals surface area (Å²) in [6.45, 7) is 0. The van der Waals surface area contributed by atoms with Crippen LogP contribution in [0.4, 0.5) is 13.2 Å². The fraction of sp³-hybridized carbons (Fsp3) is 0.0769. The zero-order valence-corrected chi connectivity index (χ0v) is 12.6. The third kappa shape index (κ3) is 3.14. The van der Waals surface area contributed by atoms with Crippen LogP contribution in [0.15, 0.2) is 28.7 Å². The van der Waals surface area contributed by atoms with E-state index < -0.39 is 39.3 Å². The number of benzene rings is 1. The number of halogens is 6. The Morgan fingerprint density at radius 2 is 1.45 bits per heavy atom. The van der Waals surface area contributed by atoms with Crippen LogP contribution in [-0.4, -0.2) is 10.5 Å². The lowest BCUT2D eigenvalue weighted by atomic mass is 10.1. The van der Waals surface area contributed by atoms with Gasteiger partial charge in [0.2, 0.25) is 5.76 Å². The topological polar surface area (TPSA) is 47.3 Å². The Balaban J connectivity index is 2.82. The zero-order chi connectivity index (χ0) is 16.7. The highest BCUT2D eigenvalue weighted by atomic mass is 35.5. The summed E-state index contributed by atoms with van der Waals surface area (Å²) in [6.07, 6.45) is -5.02. The summed E-state index contributed by atoms with van der Waals surface area (Å²) >= 11 is 16.1. The first-order valence-corrected chi connectivity index (χ1v) is 6.66. The number of hydrogen-bond acceptors (Lipinski definition) is 3. The fourth-order valence-corrected chi connectivity index (χ4v) is 2.30. The summed E-state index contributed by atoms with van der Waals surface area (Å²) in [4.78, 5) is 22.8. The van der Waals surface area contributed by atoms with Gasteiger partial charge >= 0.3 is 6.18 Å². The molecule has 9 heteroatoms. The van der Waals surface area contributed by atoms with Crippen LogP contribution in [0.5, 0.6) is 0 Å². The SMILES string of the molecule is O=C(Cl)c1c(-c2ccc(Cl)cc2)oc(C(F)(F)F)c1C(=O)Cl. The standard InChI is InChI=1S/C13H4Cl3F3O3/c14-6-3-1-5(2-4-6)9-7(11(15)20)8(12(16)21)10(22-9)13(17,18)19/h1-4H. The Labute approximate surface area is 136 Å². The van der Waals surface area contributed by atoms with Gasteiger partial charge in [-0.1, -0.05) is 11.6 Å². The van der Waals surface area contributed by atoms with Gasteiger partial charge in [-0.3, -0.25) is 9.59 Å². The maximum absolute atomic E-state index is 13.0. The van der Waals surface area contributed by atoms with Gasteiger partial charge in [-0.2, -0.15) is 13.2 Å². The van der Waals surface area contributed by atoms with Crippen molar-refractivity contribution in [3.63, 3.8) is 0 Å². The van der Waals surface area contributed by atoms with E-state index in [0.29, 0.717) is 5.02 Å². The Morgan fingerprint density at radius 1 is 0.955 bits per heavy atom. The molecule has 0 unspecified atom stereocenters. The molecule has 0 aliphatic carbocycles. The summed E-state index contributed by atoms with van der Waals surface area (Å²) in [5, 5.41) is -2.48. The van der Waals surface area contributed by atoms with Crippen LogP contribution >= 0.6 is 34.8 Å². The molecule has 1 aromatic heterocycles. The third-order valence-corrected chi connectivity index (χ3v) is 3.30. The first kappa shape index (κ1) is 16.9. The first-order chi connectivity index (χ1) is 10.1. The van der Waals surface area contributed by atoms with Gasteiger partial charge in [0.05, 0.1) is 11.1 Å². The molecule has 0 amide bonds. The van der Waals surface area contributed by atoms with Crippen LogP contribution in [0.2, 0.25) is 5.02 Å². The van der Waals surface area contributed by atoms with Crippen LogP contribution in [0.1, 0.15) is 26.5 Å². The van der Waals surface area contributed by atoms with E-state index in [4.69, 9.17) is 34.8 Å². The van der Waals surface area contributed by atoms with Crippen molar-refractivity contribution in [3.05, 3.63) is 46.2 Å². The normalized spacial score (nSPS) is 11.5. The summed E-state index contributed by atoms with van der Waals surface area (Å²) in [6, 6.07) is 5.37. The van der Waals surface area contributed by atoms with E-state index in [9.17, 15) is 22.8 Å². The lowest BCUT2D eigenvalue weighted by Gasteiger charge is -2.03. The molecule has 0 fully saturated rings. The second-order valence-electron chi connectivity index (χ2n) is 4.06. The van der Waals surface area contributed by atoms with Crippen LogP contribution in [-0.2, 0) is 6.18 Å². The van der Waals surface area contributed by atoms with Crippen LogP contribution < -0.4 is 0 Å². The second-order valence-corrected chi connectivity index (χ2v) is 5.19. The van der Waals surface area contributed by atoms with Gasteiger partial charge in [0.1, 0.15) is 5.76 Å². The van der Waals surface area contributed by atoms with Crippen molar-refractivity contribution in [3.8, 4) is 11.3 Å². The average Bonchev–Trinajstić information content (AvgIpc) is 2.80. The van der Waals surface area contributed by atoms with Crippen molar-refractivity contribution in [2.24, 2.45) is 0 Å². The molecular formula is C13H4Cl3F3O3. The van der Waals surface area contributed by atoms with Crippen LogP contribution in [0.25, 0.3) is 11.3 Å². The lowest BCUT2D eigenvalue weighted by molar-refractivity contribution is -0.152. The number of carbonyl (C=O) groups is 2. The fourth-order valence-electron chi connectivity index (χ4n) is 1.81. The van der Waals surface area contributed by atoms with Gasteiger partial charge in [0.25, 0.3) is 10.5 Å². The molecule has 0 saturated heterocycles. The molecule has 1 aromatic carbocycles. The Hall–Kier alpha value is -1.50. The molecule has 22 heavy (non-hydrogen) atoms. The number of carbonyl (C=O) groups excluding carboxylic acids is 2. The molecule has 0 aliphatic rings. The molecule has 0 spiro atoms. The Morgan fingerprint density at radius 3 is 1.86 bits per heavy atom. The van der Waals surface area contributed by atoms with Crippen molar-refractivity contribution in [1.82, 2.24) is 0 Å². The lowest BCUT2D eigenvalue weighted by Crippen LogP contribution is -2.10. The maximum Gasteiger partial charge on any atom is 0.450 e. The molecule has 3 nitrogen and oxygen atoms in total. The van der Waals surface area contributed by atoms with Gasteiger partial charge in [0.15, 0.2) is 0 Å². The second kappa shape index (κ2) is 5.95. The Bertz CT molecular complexity index is 748. The smallest absolute Gasteiger partial charge is 0.450 e. The van der Waals surface area contributed by atoms with Crippen molar-refractivity contribution >= 4 is 45.3 Å². The largest absolute Gasteiger partial charge is 0.450 e. The zero-order valence-electron chi connectivity index (χ0n) is 10.3. The highest BCUT2D eigenvalue weighted by molar-refractivity contribution is 6.72. The van der Waals surface area contributed by atoms with Gasteiger partial charge in [-0.15, -0.1) is 0 Å². The number of hydrogen-bond donors (Lipinski definition) is 0. The van der Waals surface area contributed by atoms with E-state index in [-0.39, 0.29) is 5.56 Å². The molecular weight excluding hydrogens is 367 g/mol. The molecule has 2 rings (SSSR count). The summed E-state index contributed by atoms with van der Waals surface area (Å²) in [7, 11) is 0. The van der Waals surface area contributed by atoms with E-state index in [1.165, 1.54) is 24.3 Å². The van der Waals surface area contributed by atoms with E-state index >= 15 is 0 Å². The van der Waals surface area contributed by atoms with E-state index in [1.54, 1.807) is 0 Å². The molecule has 0 N–H and O–H groups in total. The maximum atomic E-state index is 13.0.